The molecular formula is C11H14N2O3. The van der Waals surface area contributed by atoms with E-state index in [1.165, 1.54) is 7.11 Å². The number of nitrogens with one attached hydrogen (secondary N) is 1. The van der Waals surface area contributed by atoms with E-state index in [0.29, 0.717) is 11.5 Å². The molecule has 0 aliphatic carbocycles. The van der Waals surface area contributed by atoms with E-state index in [4.69, 9.17) is 4.74 Å². The minimum absolute atomic E-state index is 0.603. The van der Waals surface area contributed by atoms with Gasteiger partial charge in [-0.05, 0) is 19.1 Å². The van der Waals surface area contributed by atoms with E-state index in [2.05, 4.69) is 15.3 Å². The zero-order valence-electron chi connectivity index (χ0n) is 9.48. The Hall–Kier alpha value is -2.04. The Bertz CT molecular complexity index is 402. The first kappa shape index (κ1) is 12.0. The van der Waals surface area contributed by atoms with Crippen molar-refractivity contribution < 1.29 is 14.3 Å². The summed E-state index contributed by atoms with van der Waals surface area (Å²) in [7, 11) is 2.86. The third kappa shape index (κ3) is 2.98. The fourth-order valence-electron chi connectivity index (χ4n) is 1.18. The highest BCUT2D eigenvalue weighted by molar-refractivity contribution is 6.01. The SMILES string of the molecule is COC(=O)NN=C(C)c1ccccc1OC. The van der Waals surface area contributed by atoms with Crippen LogP contribution in [0.4, 0.5) is 4.79 Å². The van der Waals surface area contributed by atoms with E-state index >= 15 is 0 Å². The van der Waals surface area contributed by atoms with Crippen molar-refractivity contribution in [3.05, 3.63) is 29.8 Å². The lowest BCUT2D eigenvalue weighted by molar-refractivity contribution is 0.171. The monoisotopic (exact) mass is 222 g/mol. The van der Waals surface area contributed by atoms with Crippen LogP contribution < -0.4 is 10.2 Å². The van der Waals surface area contributed by atoms with Crippen LogP contribution in [0.5, 0.6) is 5.75 Å². The molecule has 0 bridgehead atoms. The quantitative estimate of drug-likeness (QED) is 0.626. The van der Waals surface area contributed by atoms with Gasteiger partial charge >= 0.3 is 6.09 Å². The number of hydrogen-bond donors (Lipinski definition) is 1. The van der Waals surface area contributed by atoms with Crippen LogP contribution in [0.25, 0.3) is 0 Å². The van der Waals surface area contributed by atoms with E-state index < -0.39 is 6.09 Å². The lowest BCUT2D eigenvalue weighted by Gasteiger charge is -2.07. The molecule has 86 valence electrons. The zero-order chi connectivity index (χ0) is 12.0. The van der Waals surface area contributed by atoms with Crippen LogP contribution >= 0.6 is 0 Å². The van der Waals surface area contributed by atoms with Gasteiger partial charge < -0.3 is 9.47 Å². The molecule has 1 amide bonds. The first-order chi connectivity index (χ1) is 7.69. The molecule has 16 heavy (non-hydrogen) atoms. The summed E-state index contributed by atoms with van der Waals surface area (Å²) in [4.78, 5) is 10.8. The van der Waals surface area contributed by atoms with Crippen molar-refractivity contribution in [1.82, 2.24) is 5.43 Å². The average molecular weight is 222 g/mol. The predicted molar refractivity (Wildman–Crippen MR) is 60.7 cm³/mol. The van der Waals surface area contributed by atoms with Gasteiger partial charge in [0.2, 0.25) is 0 Å². The van der Waals surface area contributed by atoms with Crippen LogP contribution in [-0.2, 0) is 4.74 Å². The summed E-state index contributed by atoms with van der Waals surface area (Å²) >= 11 is 0. The number of carbonyl (C=O) groups excluding carboxylic acids is 1. The Morgan fingerprint density at radius 3 is 2.62 bits per heavy atom. The van der Waals surface area contributed by atoms with Crippen molar-refractivity contribution in [3.63, 3.8) is 0 Å². The number of para-hydroxylation sites is 1. The van der Waals surface area contributed by atoms with Crippen molar-refractivity contribution in [1.29, 1.82) is 0 Å². The number of rotatable bonds is 3. The molecule has 0 saturated carbocycles. The molecule has 5 heteroatoms. The fourth-order valence-corrected chi connectivity index (χ4v) is 1.18. The Labute approximate surface area is 94.1 Å². The van der Waals surface area contributed by atoms with Crippen LogP contribution in [-0.4, -0.2) is 26.0 Å². The average Bonchev–Trinajstić information content (AvgIpc) is 2.35. The third-order valence-electron chi connectivity index (χ3n) is 2.00. The number of amides is 1. The van der Waals surface area contributed by atoms with Crippen LogP contribution in [0.15, 0.2) is 29.4 Å². The Morgan fingerprint density at radius 2 is 2.00 bits per heavy atom. The minimum Gasteiger partial charge on any atom is -0.496 e. The molecule has 1 rings (SSSR count). The van der Waals surface area contributed by atoms with Crippen LogP contribution in [0.3, 0.4) is 0 Å². The summed E-state index contributed by atoms with van der Waals surface area (Å²) in [6, 6.07) is 7.42. The molecule has 0 heterocycles. The summed E-state index contributed by atoms with van der Waals surface area (Å²) in [6.07, 6.45) is -0.603. The first-order valence-electron chi connectivity index (χ1n) is 4.70. The molecule has 1 N–H and O–H groups in total. The van der Waals surface area contributed by atoms with Crippen molar-refractivity contribution in [2.24, 2.45) is 5.10 Å². The number of benzene rings is 1. The molecule has 0 radical (unpaired) electrons. The molecule has 0 saturated heterocycles. The molecule has 1 aromatic rings. The molecule has 0 atom stereocenters. The summed E-state index contributed by atoms with van der Waals surface area (Å²) in [5.74, 6) is 0.704. The molecule has 5 nitrogen and oxygen atoms in total. The molecule has 0 aliphatic heterocycles. The second-order valence-electron chi connectivity index (χ2n) is 3.00. The summed E-state index contributed by atoms with van der Waals surface area (Å²) < 4.78 is 9.58. The molecule has 0 spiro atoms. The number of nitrogens with zero attached hydrogens (tertiary/aromatic N) is 1. The molecular weight excluding hydrogens is 208 g/mol. The Balaban J connectivity index is 2.86. The topological polar surface area (TPSA) is 59.9 Å². The molecule has 0 aromatic heterocycles. The van der Waals surface area contributed by atoms with Gasteiger partial charge in [-0.1, -0.05) is 12.1 Å². The number of ether oxygens (including phenoxy) is 2. The van der Waals surface area contributed by atoms with Gasteiger partial charge in [-0.3, -0.25) is 0 Å². The molecule has 0 unspecified atom stereocenters. The van der Waals surface area contributed by atoms with E-state index in [1.54, 1.807) is 14.0 Å². The lowest BCUT2D eigenvalue weighted by Crippen LogP contribution is -2.18. The van der Waals surface area contributed by atoms with Gasteiger partial charge in [0.05, 0.1) is 19.9 Å². The normalized spacial score (nSPS) is 10.8. The minimum atomic E-state index is -0.603. The van der Waals surface area contributed by atoms with Gasteiger partial charge in [0.1, 0.15) is 5.75 Å². The second-order valence-corrected chi connectivity index (χ2v) is 3.00. The van der Waals surface area contributed by atoms with Crippen molar-refractivity contribution >= 4 is 11.8 Å². The fraction of sp³-hybridized carbons (Fsp3) is 0.273. The second kappa shape index (κ2) is 5.75. The maximum atomic E-state index is 10.8. The highest BCUT2D eigenvalue weighted by Gasteiger charge is 2.05. The highest BCUT2D eigenvalue weighted by Crippen LogP contribution is 2.17. The van der Waals surface area contributed by atoms with Crippen LogP contribution in [0, 0.1) is 0 Å². The van der Waals surface area contributed by atoms with E-state index in [-0.39, 0.29) is 0 Å². The van der Waals surface area contributed by atoms with E-state index in [9.17, 15) is 4.79 Å². The zero-order valence-corrected chi connectivity index (χ0v) is 9.48. The largest absolute Gasteiger partial charge is 0.496 e. The van der Waals surface area contributed by atoms with Gasteiger partial charge in [-0.25, -0.2) is 10.2 Å². The molecule has 1 aromatic carbocycles. The van der Waals surface area contributed by atoms with Gasteiger partial charge in [-0.2, -0.15) is 5.10 Å². The maximum absolute atomic E-state index is 10.8. The standard InChI is InChI=1S/C11H14N2O3/c1-8(12-13-11(14)16-3)9-6-4-5-7-10(9)15-2/h4-7H,1-3H3,(H,13,14). The number of carbonyl (C=O) groups is 1. The number of hydrogen-bond acceptors (Lipinski definition) is 4. The third-order valence-corrected chi connectivity index (χ3v) is 2.00. The summed E-state index contributed by atoms with van der Waals surface area (Å²) in [5.41, 5.74) is 3.72. The molecule has 0 aliphatic rings. The lowest BCUT2D eigenvalue weighted by atomic mass is 10.1. The number of methoxy groups -OCH3 is 2. The van der Waals surface area contributed by atoms with Crippen LogP contribution in [0.1, 0.15) is 12.5 Å². The molecule has 0 fully saturated rings. The summed E-state index contributed by atoms with van der Waals surface area (Å²) in [5, 5.41) is 3.89. The van der Waals surface area contributed by atoms with E-state index in [0.717, 1.165) is 5.56 Å². The first-order valence-corrected chi connectivity index (χ1v) is 4.70. The van der Waals surface area contributed by atoms with Gasteiger partial charge in [0.25, 0.3) is 0 Å². The van der Waals surface area contributed by atoms with Crippen LogP contribution in [0.2, 0.25) is 0 Å². The maximum Gasteiger partial charge on any atom is 0.427 e. The predicted octanol–water partition coefficient (Wildman–Crippen LogP) is 1.78. The van der Waals surface area contributed by atoms with Gasteiger partial charge in [0.15, 0.2) is 0 Å². The smallest absolute Gasteiger partial charge is 0.427 e. The van der Waals surface area contributed by atoms with Crippen molar-refractivity contribution in [2.75, 3.05) is 14.2 Å². The summed E-state index contributed by atoms with van der Waals surface area (Å²) in [6.45, 7) is 1.77. The van der Waals surface area contributed by atoms with Crippen molar-refractivity contribution in [2.45, 2.75) is 6.92 Å². The van der Waals surface area contributed by atoms with Gasteiger partial charge in [0, 0.05) is 5.56 Å². The van der Waals surface area contributed by atoms with E-state index in [1.807, 2.05) is 24.3 Å². The van der Waals surface area contributed by atoms with Gasteiger partial charge in [-0.15, -0.1) is 0 Å². The highest BCUT2D eigenvalue weighted by atomic mass is 16.5. The Kier molecular flexibility index (Phi) is 4.32. The van der Waals surface area contributed by atoms with Crippen molar-refractivity contribution in [3.8, 4) is 5.75 Å². The number of hydrazone groups is 1. The Morgan fingerprint density at radius 1 is 1.31 bits per heavy atom.